The Kier molecular flexibility index (Phi) is 6.38. The van der Waals surface area contributed by atoms with Crippen LogP contribution in [0.15, 0.2) is 4.99 Å². The summed E-state index contributed by atoms with van der Waals surface area (Å²) >= 11 is 18.6. The Balaban J connectivity index is 2.58. The van der Waals surface area contributed by atoms with Crippen molar-refractivity contribution >= 4 is 57.7 Å². The Morgan fingerprint density at radius 3 is 2.67 bits per heavy atom. The molecule has 18 heavy (non-hydrogen) atoms. The third-order valence-electron chi connectivity index (χ3n) is 1.96. The fourth-order valence-corrected chi connectivity index (χ4v) is 2.65. The summed E-state index contributed by atoms with van der Waals surface area (Å²) in [5.74, 6) is 0.0820. The quantitative estimate of drug-likeness (QED) is 0.635. The van der Waals surface area contributed by atoms with Crippen molar-refractivity contribution in [3.05, 3.63) is 0 Å². The summed E-state index contributed by atoms with van der Waals surface area (Å²) in [5.41, 5.74) is 0. The lowest BCUT2D eigenvalue weighted by Gasteiger charge is -2.24. The summed E-state index contributed by atoms with van der Waals surface area (Å²) in [5, 5.41) is 2.41. The number of alkyl halides is 3. The van der Waals surface area contributed by atoms with Gasteiger partial charge in [0.15, 0.2) is 0 Å². The minimum Gasteiger partial charge on any atom is -0.471 e. The zero-order valence-electron chi connectivity index (χ0n) is 10.1. The van der Waals surface area contributed by atoms with E-state index in [2.05, 4.69) is 10.3 Å². The molecule has 0 saturated carbocycles. The van der Waals surface area contributed by atoms with Crippen molar-refractivity contribution in [2.75, 3.05) is 13.2 Å². The number of ether oxygens (including phenoxy) is 1. The number of carbonyl (C=O) groups is 1. The maximum absolute atomic E-state index is 11.7. The predicted molar refractivity (Wildman–Crippen MR) is 77.5 cm³/mol. The number of hydrogen-bond acceptors (Lipinski definition) is 4. The molecule has 0 aromatic heterocycles. The molecule has 0 saturated heterocycles. The molecule has 0 fully saturated rings. The molecule has 0 bridgehead atoms. The summed E-state index contributed by atoms with van der Waals surface area (Å²) in [7, 11) is 0. The van der Waals surface area contributed by atoms with Crippen molar-refractivity contribution < 1.29 is 9.53 Å². The smallest absolute Gasteiger partial charge is 0.248 e. The largest absolute Gasteiger partial charge is 0.471 e. The molecule has 0 aromatic carbocycles. The molecule has 1 rings (SSSR count). The van der Waals surface area contributed by atoms with Crippen LogP contribution in [0.3, 0.4) is 0 Å². The Bertz CT molecular complexity index is 332. The highest BCUT2D eigenvalue weighted by Crippen LogP contribution is 2.37. The number of amides is 1. The highest BCUT2D eigenvalue weighted by molar-refractivity contribution is 8.14. The summed E-state index contributed by atoms with van der Waals surface area (Å²) in [6.07, 6.45) is 0.380. The maximum Gasteiger partial charge on any atom is 0.248 e. The van der Waals surface area contributed by atoms with E-state index in [9.17, 15) is 4.79 Å². The van der Waals surface area contributed by atoms with E-state index in [0.29, 0.717) is 24.8 Å². The number of thioether (sulfide) groups is 1. The van der Waals surface area contributed by atoms with Gasteiger partial charge in [0.1, 0.15) is 12.0 Å². The summed E-state index contributed by atoms with van der Waals surface area (Å²) in [6, 6.07) is 0. The van der Waals surface area contributed by atoms with Crippen molar-refractivity contribution in [3.63, 3.8) is 0 Å². The van der Waals surface area contributed by atoms with Gasteiger partial charge in [-0.25, -0.2) is 4.99 Å². The summed E-state index contributed by atoms with van der Waals surface area (Å²) in [4.78, 5) is 15.8. The first-order valence-electron chi connectivity index (χ1n) is 5.49. The van der Waals surface area contributed by atoms with Crippen molar-refractivity contribution in [2.45, 2.75) is 29.4 Å². The molecular formula is C10H15Cl3N2O2S. The first kappa shape index (κ1) is 16.2. The Morgan fingerprint density at radius 2 is 2.22 bits per heavy atom. The number of rotatable bonds is 4. The lowest BCUT2D eigenvalue weighted by Crippen LogP contribution is -2.42. The van der Waals surface area contributed by atoms with Gasteiger partial charge in [-0.3, -0.25) is 4.79 Å². The molecule has 104 valence electrons. The molecule has 8 heteroatoms. The SMILES string of the molecule is CC(C)CC(=O)N[C@@H](SC1=NCCO1)C(Cl)(Cl)Cl. The van der Waals surface area contributed by atoms with Crippen molar-refractivity contribution in [2.24, 2.45) is 10.9 Å². The number of halogens is 3. The van der Waals surface area contributed by atoms with Gasteiger partial charge in [-0.2, -0.15) is 0 Å². The van der Waals surface area contributed by atoms with Crippen LogP contribution in [0.4, 0.5) is 0 Å². The average Bonchev–Trinajstić information content (AvgIpc) is 2.66. The van der Waals surface area contributed by atoms with Crippen molar-refractivity contribution in [1.29, 1.82) is 0 Å². The van der Waals surface area contributed by atoms with E-state index < -0.39 is 9.17 Å². The van der Waals surface area contributed by atoms with Gasteiger partial charge >= 0.3 is 0 Å². The lowest BCUT2D eigenvalue weighted by atomic mass is 10.1. The van der Waals surface area contributed by atoms with Gasteiger partial charge in [-0.15, -0.1) is 0 Å². The minimum absolute atomic E-state index is 0.160. The Labute approximate surface area is 126 Å². The number of hydrogen-bond donors (Lipinski definition) is 1. The van der Waals surface area contributed by atoms with Gasteiger partial charge in [0.05, 0.1) is 6.54 Å². The third kappa shape index (κ3) is 5.87. The van der Waals surface area contributed by atoms with Gasteiger partial charge < -0.3 is 10.1 Å². The van der Waals surface area contributed by atoms with Crippen LogP contribution in [-0.2, 0) is 9.53 Å². The van der Waals surface area contributed by atoms with E-state index in [4.69, 9.17) is 39.5 Å². The fraction of sp³-hybridized carbons (Fsp3) is 0.800. The molecule has 0 radical (unpaired) electrons. The normalized spacial score (nSPS) is 17.3. The van der Waals surface area contributed by atoms with E-state index in [-0.39, 0.29) is 11.8 Å². The zero-order chi connectivity index (χ0) is 13.8. The van der Waals surface area contributed by atoms with Gasteiger partial charge in [-0.1, -0.05) is 48.7 Å². The van der Waals surface area contributed by atoms with E-state index in [1.165, 1.54) is 0 Å². The van der Waals surface area contributed by atoms with Gasteiger partial charge in [0.2, 0.25) is 14.9 Å². The molecule has 1 amide bonds. The summed E-state index contributed by atoms with van der Waals surface area (Å²) < 4.78 is 3.61. The minimum atomic E-state index is -1.62. The van der Waals surface area contributed by atoms with Crippen LogP contribution in [0.2, 0.25) is 0 Å². The Hall–Kier alpha value is 0.160. The molecule has 1 aliphatic heterocycles. The Morgan fingerprint density at radius 1 is 1.56 bits per heavy atom. The first-order valence-corrected chi connectivity index (χ1v) is 7.50. The number of aliphatic imine (C=N–C) groups is 1. The maximum atomic E-state index is 11.7. The molecule has 0 aromatic rings. The molecule has 1 N–H and O–H groups in total. The van der Waals surface area contributed by atoms with Crippen molar-refractivity contribution in [1.82, 2.24) is 5.32 Å². The van der Waals surface area contributed by atoms with Crippen LogP contribution in [0.25, 0.3) is 0 Å². The monoisotopic (exact) mass is 332 g/mol. The van der Waals surface area contributed by atoms with Crippen LogP contribution >= 0.6 is 46.6 Å². The van der Waals surface area contributed by atoms with E-state index in [1.54, 1.807) is 0 Å². The highest BCUT2D eigenvalue weighted by atomic mass is 35.6. The fourth-order valence-electron chi connectivity index (χ4n) is 1.24. The van der Waals surface area contributed by atoms with E-state index in [0.717, 1.165) is 11.8 Å². The molecule has 0 aliphatic carbocycles. The summed E-state index contributed by atoms with van der Waals surface area (Å²) in [6.45, 7) is 5.01. The van der Waals surface area contributed by atoms with Crippen LogP contribution in [0.5, 0.6) is 0 Å². The van der Waals surface area contributed by atoms with Gasteiger partial charge in [-0.05, 0) is 17.7 Å². The van der Waals surface area contributed by atoms with Crippen LogP contribution < -0.4 is 5.32 Å². The zero-order valence-corrected chi connectivity index (χ0v) is 13.2. The number of nitrogens with one attached hydrogen (secondary N) is 1. The van der Waals surface area contributed by atoms with Crippen LogP contribution in [-0.4, -0.2) is 33.5 Å². The molecule has 1 atom stereocenters. The molecule has 1 aliphatic rings. The van der Waals surface area contributed by atoms with E-state index in [1.807, 2.05) is 13.8 Å². The van der Waals surface area contributed by atoms with Crippen molar-refractivity contribution in [3.8, 4) is 0 Å². The first-order chi connectivity index (χ1) is 8.29. The number of carbonyl (C=O) groups excluding carboxylic acids is 1. The second-order valence-corrected chi connectivity index (χ2v) is 7.63. The molecule has 0 spiro atoms. The second-order valence-electron chi connectivity index (χ2n) is 4.20. The van der Waals surface area contributed by atoms with Crippen LogP contribution in [0.1, 0.15) is 20.3 Å². The topological polar surface area (TPSA) is 50.7 Å². The second kappa shape index (κ2) is 7.08. The lowest BCUT2D eigenvalue weighted by molar-refractivity contribution is -0.121. The van der Waals surface area contributed by atoms with Gasteiger partial charge in [0.25, 0.3) is 0 Å². The molecular weight excluding hydrogens is 319 g/mol. The average molecular weight is 334 g/mol. The van der Waals surface area contributed by atoms with Crippen LogP contribution in [0, 0.1) is 5.92 Å². The predicted octanol–water partition coefficient (Wildman–Crippen LogP) is 2.96. The number of nitrogens with zero attached hydrogens (tertiary/aromatic N) is 1. The molecule has 1 heterocycles. The molecule has 0 unspecified atom stereocenters. The molecule has 4 nitrogen and oxygen atoms in total. The standard InChI is InChI=1S/C10H15Cl3N2O2S/c1-6(2)5-7(16)15-8(10(11,12)13)18-9-14-3-4-17-9/h6,8H,3-5H2,1-2H3,(H,15,16)/t8-/m0/s1. The highest BCUT2D eigenvalue weighted by Gasteiger charge is 2.36. The van der Waals surface area contributed by atoms with Gasteiger partial charge in [0, 0.05) is 6.42 Å². The third-order valence-corrected chi connectivity index (χ3v) is 4.16. The van der Waals surface area contributed by atoms with E-state index >= 15 is 0 Å².